The first-order chi connectivity index (χ1) is 14.4. The molecule has 158 valence electrons. The Kier molecular flexibility index (Phi) is 5.40. The molecule has 4 rings (SSSR count). The van der Waals surface area contributed by atoms with Crippen LogP contribution in [0.4, 0.5) is 28.1 Å². The van der Waals surface area contributed by atoms with Crippen LogP contribution in [0.25, 0.3) is 0 Å². The smallest absolute Gasteiger partial charge is 0.235 e. The normalized spacial score (nSPS) is 15.2. The molecule has 4 heterocycles. The fourth-order valence-electron chi connectivity index (χ4n) is 2.97. The summed E-state index contributed by atoms with van der Waals surface area (Å²) in [6, 6.07) is 1.99. The van der Waals surface area contributed by atoms with Crippen LogP contribution < -0.4 is 15.5 Å². The second-order valence-electron chi connectivity index (χ2n) is 7.49. The van der Waals surface area contributed by atoms with E-state index in [-0.39, 0.29) is 6.04 Å². The molecule has 0 amide bonds. The summed E-state index contributed by atoms with van der Waals surface area (Å²) in [6.45, 7) is 5.42. The number of hydrogen-bond acceptors (Lipinski definition) is 10. The van der Waals surface area contributed by atoms with Crippen molar-refractivity contribution in [2.24, 2.45) is 0 Å². The van der Waals surface area contributed by atoms with Crippen molar-refractivity contribution in [2.75, 3.05) is 42.7 Å². The Balaban J connectivity index is 1.57. The van der Waals surface area contributed by atoms with Crippen LogP contribution in [0.2, 0.25) is 0 Å². The fraction of sp³-hybridized carbons (Fsp3) is 0.444. The van der Waals surface area contributed by atoms with Crippen LogP contribution >= 0.6 is 0 Å². The van der Waals surface area contributed by atoms with Crippen LogP contribution in [0.15, 0.2) is 18.5 Å². The molecule has 3 N–H and O–H groups in total. The van der Waals surface area contributed by atoms with Gasteiger partial charge in [-0.2, -0.15) is 20.1 Å². The summed E-state index contributed by atoms with van der Waals surface area (Å²) >= 11 is 0. The van der Waals surface area contributed by atoms with Gasteiger partial charge < -0.3 is 20.4 Å². The van der Waals surface area contributed by atoms with E-state index >= 15 is 0 Å². The van der Waals surface area contributed by atoms with E-state index in [0.29, 0.717) is 35.5 Å². The highest BCUT2D eigenvalue weighted by Crippen LogP contribution is 2.24. The number of nitrogens with zero attached hydrogens (tertiary/aromatic N) is 8. The zero-order chi connectivity index (χ0) is 21.3. The van der Waals surface area contributed by atoms with E-state index < -0.39 is 5.82 Å². The second kappa shape index (κ2) is 8.14. The van der Waals surface area contributed by atoms with Crippen molar-refractivity contribution in [3.8, 4) is 0 Å². The summed E-state index contributed by atoms with van der Waals surface area (Å²) in [5.41, 5.74) is 0.920. The van der Waals surface area contributed by atoms with Crippen molar-refractivity contribution in [1.82, 2.24) is 40.0 Å². The molecule has 11 nitrogen and oxygen atoms in total. The van der Waals surface area contributed by atoms with Gasteiger partial charge in [-0.25, -0.2) is 14.4 Å². The lowest BCUT2D eigenvalue weighted by Gasteiger charge is -2.42. The summed E-state index contributed by atoms with van der Waals surface area (Å²) < 4.78 is 13.1. The van der Waals surface area contributed by atoms with Crippen LogP contribution in [-0.4, -0.2) is 73.2 Å². The van der Waals surface area contributed by atoms with Crippen molar-refractivity contribution < 1.29 is 4.39 Å². The van der Waals surface area contributed by atoms with Crippen LogP contribution in [0, 0.1) is 12.7 Å². The monoisotopic (exact) mass is 413 g/mol. The summed E-state index contributed by atoms with van der Waals surface area (Å²) in [4.78, 5) is 25.8. The minimum Gasteiger partial charge on any atom is -0.344 e. The molecule has 1 unspecified atom stereocenters. The van der Waals surface area contributed by atoms with Gasteiger partial charge in [-0.1, -0.05) is 0 Å². The van der Waals surface area contributed by atoms with E-state index in [1.165, 1.54) is 0 Å². The molecular formula is C18H24FN11. The Hall–Kier alpha value is -3.41. The average molecular weight is 413 g/mol. The van der Waals surface area contributed by atoms with Gasteiger partial charge in [0.1, 0.15) is 5.82 Å². The van der Waals surface area contributed by atoms with Gasteiger partial charge in [-0.05, 0) is 27.9 Å². The molecule has 0 aromatic carbocycles. The molecule has 1 atom stereocenters. The Morgan fingerprint density at radius 2 is 1.87 bits per heavy atom. The minimum atomic E-state index is -0.484. The topological polar surface area (TPSA) is 124 Å². The summed E-state index contributed by atoms with van der Waals surface area (Å²) in [5.74, 6) is 1.86. The maximum absolute atomic E-state index is 13.1. The third-order valence-electron chi connectivity index (χ3n) is 4.82. The van der Waals surface area contributed by atoms with Gasteiger partial charge >= 0.3 is 0 Å². The lowest BCUT2D eigenvalue weighted by Crippen LogP contribution is -2.58. The molecule has 3 aromatic rings. The van der Waals surface area contributed by atoms with Crippen LogP contribution in [-0.2, 0) is 0 Å². The van der Waals surface area contributed by atoms with Gasteiger partial charge in [-0.15, -0.1) is 0 Å². The largest absolute Gasteiger partial charge is 0.344 e. The van der Waals surface area contributed by atoms with E-state index in [1.807, 2.05) is 19.9 Å². The maximum atomic E-state index is 13.1. The number of H-pyrrole nitrogens is 1. The Morgan fingerprint density at radius 1 is 1.17 bits per heavy atom. The van der Waals surface area contributed by atoms with Crippen LogP contribution in [0.3, 0.4) is 0 Å². The van der Waals surface area contributed by atoms with Crippen molar-refractivity contribution >= 4 is 23.7 Å². The van der Waals surface area contributed by atoms with Crippen LogP contribution in [0.1, 0.15) is 24.5 Å². The zero-order valence-corrected chi connectivity index (χ0v) is 17.3. The minimum absolute atomic E-state index is 0.327. The molecule has 0 spiro atoms. The highest BCUT2D eigenvalue weighted by molar-refractivity contribution is 5.53. The lowest BCUT2D eigenvalue weighted by atomic mass is 10.1. The number of halogens is 1. The summed E-state index contributed by atoms with van der Waals surface area (Å²) in [6.07, 6.45) is 2.27. The molecule has 0 bridgehead atoms. The Morgan fingerprint density at radius 3 is 2.50 bits per heavy atom. The second-order valence-corrected chi connectivity index (χ2v) is 7.49. The molecule has 1 fully saturated rings. The van der Waals surface area contributed by atoms with Crippen molar-refractivity contribution in [1.29, 1.82) is 0 Å². The van der Waals surface area contributed by atoms with E-state index in [4.69, 9.17) is 0 Å². The first-order valence-electron chi connectivity index (χ1n) is 9.58. The number of likely N-dealkylation sites (N-methyl/N-ethyl adjacent to an activating group) is 1. The van der Waals surface area contributed by atoms with Crippen molar-refractivity contribution in [3.05, 3.63) is 35.8 Å². The summed E-state index contributed by atoms with van der Waals surface area (Å²) in [5, 5.41) is 13.3. The predicted molar refractivity (Wildman–Crippen MR) is 110 cm³/mol. The first-order valence-corrected chi connectivity index (χ1v) is 9.58. The first kappa shape index (κ1) is 19.9. The highest BCUT2D eigenvalue weighted by atomic mass is 19.1. The number of hydrogen-bond donors (Lipinski definition) is 3. The van der Waals surface area contributed by atoms with E-state index in [2.05, 4.69) is 69.6 Å². The highest BCUT2D eigenvalue weighted by Gasteiger charge is 2.31. The average Bonchev–Trinajstić information content (AvgIpc) is 3.05. The number of aromatic nitrogens is 7. The SMILES string of the molecule is Cc1cc(Nc2nc(NC(C)c3ncc(F)cn3)nc(N3CC(N(C)C)C3)n2)n[nH]1. The lowest BCUT2D eigenvalue weighted by molar-refractivity contribution is 0.245. The van der Waals surface area contributed by atoms with E-state index in [0.717, 1.165) is 31.2 Å². The standard InChI is InChI=1S/C18H24FN11/c1-10-5-14(28-27-10)23-17-24-16(22-11(2)15-20-6-12(19)7-21-15)25-18(26-17)30-8-13(9-30)29(3)4/h5-7,11,13H,8-9H2,1-4H3,(H3,22,23,24,25,26,27,28). The molecule has 0 saturated carbocycles. The molecule has 3 aromatic heterocycles. The number of nitrogens with one attached hydrogen (secondary N) is 3. The van der Waals surface area contributed by atoms with Gasteiger partial charge in [0.2, 0.25) is 17.8 Å². The van der Waals surface area contributed by atoms with Gasteiger partial charge in [0, 0.05) is 30.9 Å². The molecule has 1 aliphatic heterocycles. The zero-order valence-electron chi connectivity index (χ0n) is 17.3. The summed E-state index contributed by atoms with van der Waals surface area (Å²) in [7, 11) is 4.11. The maximum Gasteiger partial charge on any atom is 0.235 e. The third kappa shape index (κ3) is 4.43. The molecular weight excluding hydrogens is 389 g/mol. The van der Waals surface area contributed by atoms with E-state index in [9.17, 15) is 4.39 Å². The van der Waals surface area contributed by atoms with Gasteiger partial charge in [0.25, 0.3) is 0 Å². The molecule has 12 heteroatoms. The number of aryl methyl sites for hydroxylation is 1. The molecule has 0 aliphatic carbocycles. The third-order valence-corrected chi connectivity index (χ3v) is 4.82. The van der Waals surface area contributed by atoms with Gasteiger partial charge in [-0.3, -0.25) is 5.10 Å². The van der Waals surface area contributed by atoms with E-state index in [1.54, 1.807) is 0 Å². The quantitative estimate of drug-likeness (QED) is 0.525. The fourth-order valence-corrected chi connectivity index (χ4v) is 2.97. The van der Waals surface area contributed by atoms with Crippen molar-refractivity contribution in [3.63, 3.8) is 0 Å². The molecule has 30 heavy (non-hydrogen) atoms. The van der Waals surface area contributed by atoms with Crippen LogP contribution in [0.5, 0.6) is 0 Å². The molecule has 1 aliphatic rings. The van der Waals surface area contributed by atoms with Gasteiger partial charge in [0.05, 0.1) is 18.4 Å². The number of rotatable bonds is 7. The Bertz CT molecular complexity index is 998. The van der Waals surface area contributed by atoms with Crippen molar-refractivity contribution in [2.45, 2.75) is 25.9 Å². The number of aromatic amines is 1. The molecule has 1 saturated heterocycles. The predicted octanol–water partition coefficient (Wildman–Crippen LogP) is 1.50. The number of anilines is 4. The van der Waals surface area contributed by atoms with Gasteiger partial charge in [0.15, 0.2) is 11.6 Å². The molecule has 0 radical (unpaired) electrons. The Labute approximate surface area is 173 Å².